The van der Waals surface area contributed by atoms with Crippen molar-refractivity contribution >= 4 is 43.4 Å². The van der Waals surface area contributed by atoms with Crippen molar-refractivity contribution in [3.05, 3.63) is 78.8 Å². The quantitative estimate of drug-likeness (QED) is 0.187. The Labute approximate surface area is 245 Å². The van der Waals surface area contributed by atoms with Gasteiger partial charge in [-0.1, -0.05) is 6.92 Å². The Hall–Kier alpha value is -5.01. The first-order valence-electron chi connectivity index (χ1n) is 13.4. The van der Waals surface area contributed by atoms with Crippen molar-refractivity contribution in [1.82, 2.24) is 30.1 Å². The van der Waals surface area contributed by atoms with Gasteiger partial charge in [0.25, 0.3) is 0 Å². The van der Waals surface area contributed by atoms with E-state index in [9.17, 15) is 17.6 Å². The normalized spacial score (nSPS) is 12.6. The maximum Gasteiger partial charge on any atom is 0.224 e. The minimum absolute atomic E-state index is 0.0764. The summed E-state index contributed by atoms with van der Waals surface area (Å²) in [5.41, 5.74) is 11.7. The molecule has 0 aliphatic rings. The number of nitrogens with one attached hydrogen (secondary N) is 3. The summed E-state index contributed by atoms with van der Waals surface area (Å²) < 4.78 is 38.7. The van der Waals surface area contributed by atoms with Gasteiger partial charge in [-0.15, -0.1) is 0 Å². The van der Waals surface area contributed by atoms with Gasteiger partial charge in [0.05, 0.1) is 29.3 Å². The Morgan fingerprint density at radius 1 is 0.977 bits per heavy atom. The van der Waals surface area contributed by atoms with E-state index < -0.39 is 21.0 Å². The number of amides is 1. The van der Waals surface area contributed by atoms with E-state index in [0.717, 1.165) is 40.6 Å². The number of hydrogen-bond donors (Lipinski definition) is 4. The number of rotatable bonds is 8. The number of carbonyl (C=O) groups is 1. The predicted octanol–water partition coefficient (Wildman–Crippen LogP) is 5.11. The molecule has 13 heteroatoms. The molecule has 1 atom stereocenters. The first-order chi connectivity index (χ1) is 20.6. The largest absolute Gasteiger partial charge is 0.352 e. The van der Waals surface area contributed by atoms with E-state index in [1.165, 1.54) is 6.07 Å². The number of H-pyrrole nitrogens is 2. The number of hydrogen-bond acceptors (Lipinski definition) is 8. The van der Waals surface area contributed by atoms with Crippen molar-refractivity contribution in [2.24, 2.45) is 5.73 Å². The lowest BCUT2D eigenvalue weighted by atomic mass is 10.0. The SMILES string of the molecule is CCCC(=O)Nc1cncc(-c2cnc3[nH]nc(-c4cc5c(-c6cc(F)cc(C(N)S(C)(=O)=O)c6)cncc5[nH]4)c3c2)c1. The summed E-state index contributed by atoms with van der Waals surface area (Å²) >= 11 is 0. The number of benzene rings is 1. The molecule has 5 heterocycles. The van der Waals surface area contributed by atoms with Gasteiger partial charge in [-0.2, -0.15) is 5.10 Å². The summed E-state index contributed by atoms with van der Waals surface area (Å²) in [6.07, 6.45) is 10.4. The van der Waals surface area contributed by atoms with Gasteiger partial charge in [-0.25, -0.2) is 17.8 Å². The van der Waals surface area contributed by atoms with Crippen LogP contribution < -0.4 is 11.1 Å². The molecule has 1 unspecified atom stereocenters. The highest BCUT2D eigenvalue weighted by molar-refractivity contribution is 7.90. The van der Waals surface area contributed by atoms with Crippen LogP contribution in [0.5, 0.6) is 0 Å². The summed E-state index contributed by atoms with van der Waals surface area (Å²) in [5, 5.41) is 10.4. The van der Waals surface area contributed by atoms with Crippen LogP contribution in [0.1, 0.15) is 30.7 Å². The van der Waals surface area contributed by atoms with Gasteiger partial charge in [0.2, 0.25) is 5.91 Å². The Kier molecular flexibility index (Phi) is 7.20. The third-order valence-corrected chi connectivity index (χ3v) is 8.27. The average molecular weight is 599 g/mol. The minimum atomic E-state index is -3.65. The first kappa shape index (κ1) is 28.1. The van der Waals surface area contributed by atoms with Crippen molar-refractivity contribution in [2.45, 2.75) is 25.1 Å². The molecule has 6 aromatic rings. The molecule has 5 aromatic heterocycles. The van der Waals surface area contributed by atoms with E-state index in [4.69, 9.17) is 5.73 Å². The molecule has 0 saturated carbocycles. The van der Waals surface area contributed by atoms with Crippen molar-refractivity contribution in [3.8, 4) is 33.6 Å². The standard InChI is InChI=1S/C30H27FN8O3S/c1-3-4-27(40)36-21-8-18(11-33-13-21)19-9-23-28(38-39-30(23)35-12-19)25-10-22-24(14-34-15-26(22)37-25)16-5-17(7-20(31)6-16)29(32)43(2,41)42/h5-15,29,37H,3-4,32H2,1-2H3,(H,36,40)(H,35,38,39). The van der Waals surface area contributed by atoms with E-state index in [-0.39, 0.29) is 11.5 Å². The zero-order chi connectivity index (χ0) is 30.3. The van der Waals surface area contributed by atoms with E-state index in [0.29, 0.717) is 45.8 Å². The Morgan fingerprint density at radius 2 is 1.77 bits per heavy atom. The van der Waals surface area contributed by atoms with Gasteiger partial charge < -0.3 is 16.0 Å². The Morgan fingerprint density at radius 3 is 2.56 bits per heavy atom. The molecule has 5 N–H and O–H groups in total. The molecule has 1 amide bonds. The van der Waals surface area contributed by atoms with Crippen molar-refractivity contribution in [1.29, 1.82) is 0 Å². The van der Waals surface area contributed by atoms with E-state index >= 15 is 0 Å². The number of fused-ring (bicyclic) bond motifs is 2. The molecule has 0 bridgehead atoms. The van der Waals surface area contributed by atoms with Gasteiger partial charge in [0.1, 0.15) is 16.9 Å². The fourth-order valence-corrected chi connectivity index (χ4v) is 5.60. The molecular formula is C30H27FN8O3S. The van der Waals surface area contributed by atoms with Crippen molar-refractivity contribution < 1.29 is 17.6 Å². The second-order valence-corrected chi connectivity index (χ2v) is 12.5. The number of anilines is 1. The molecule has 0 aliphatic heterocycles. The van der Waals surface area contributed by atoms with Gasteiger partial charge in [0, 0.05) is 58.7 Å². The average Bonchev–Trinajstić information content (AvgIpc) is 3.60. The van der Waals surface area contributed by atoms with Crippen LogP contribution in [-0.4, -0.2) is 50.7 Å². The molecular weight excluding hydrogens is 571 g/mol. The van der Waals surface area contributed by atoms with Gasteiger partial charge in [-0.05, 0) is 53.9 Å². The smallest absolute Gasteiger partial charge is 0.224 e. The third kappa shape index (κ3) is 5.59. The van der Waals surface area contributed by atoms with Crippen LogP contribution in [0.4, 0.5) is 10.1 Å². The second-order valence-electron chi connectivity index (χ2n) is 10.3. The highest BCUT2D eigenvalue weighted by atomic mass is 32.2. The molecule has 0 spiro atoms. The van der Waals surface area contributed by atoms with Crippen LogP contribution in [0, 0.1) is 5.82 Å². The molecule has 11 nitrogen and oxygen atoms in total. The molecule has 1 aromatic carbocycles. The Bertz CT molecular complexity index is 2120. The summed E-state index contributed by atoms with van der Waals surface area (Å²) in [4.78, 5) is 28.5. The monoisotopic (exact) mass is 598 g/mol. The third-order valence-electron chi connectivity index (χ3n) is 7.07. The van der Waals surface area contributed by atoms with Crippen LogP contribution >= 0.6 is 0 Å². The predicted molar refractivity (Wildman–Crippen MR) is 163 cm³/mol. The highest BCUT2D eigenvalue weighted by Gasteiger charge is 2.21. The van der Waals surface area contributed by atoms with E-state index in [1.54, 1.807) is 37.1 Å². The molecule has 0 fully saturated rings. The first-order valence-corrected chi connectivity index (χ1v) is 15.4. The zero-order valence-corrected chi connectivity index (χ0v) is 24.0. The number of aromatic nitrogens is 6. The maximum atomic E-state index is 14.6. The number of nitrogens with zero attached hydrogens (tertiary/aromatic N) is 4. The second kappa shape index (κ2) is 11.0. The molecule has 43 heavy (non-hydrogen) atoms. The molecule has 0 saturated heterocycles. The summed E-state index contributed by atoms with van der Waals surface area (Å²) in [7, 11) is -3.65. The Balaban J connectivity index is 1.40. The fraction of sp³-hybridized carbons (Fsp3) is 0.167. The van der Waals surface area contributed by atoms with Crippen molar-refractivity contribution in [2.75, 3.05) is 11.6 Å². The van der Waals surface area contributed by atoms with Crippen LogP contribution in [0.25, 0.3) is 55.6 Å². The number of aromatic amines is 2. The lowest BCUT2D eigenvalue weighted by Crippen LogP contribution is -2.20. The summed E-state index contributed by atoms with van der Waals surface area (Å²) in [6, 6.07) is 9.65. The van der Waals surface area contributed by atoms with Gasteiger partial charge >= 0.3 is 0 Å². The number of carbonyl (C=O) groups excluding carboxylic acids is 1. The summed E-state index contributed by atoms with van der Waals surface area (Å²) in [6.45, 7) is 1.94. The molecule has 0 radical (unpaired) electrons. The van der Waals surface area contributed by atoms with Gasteiger partial charge in [-0.3, -0.25) is 19.9 Å². The summed E-state index contributed by atoms with van der Waals surface area (Å²) in [5.74, 6) is -0.688. The lowest BCUT2D eigenvalue weighted by Gasteiger charge is -2.12. The molecule has 6 rings (SSSR count). The van der Waals surface area contributed by atoms with Crippen LogP contribution in [0.2, 0.25) is 0 Å². The molecule has 218 valence electrons. The fourth-order valence-electron chi connectivity index (χ4n) is 4.97. The van der Waals surface area contributed by atoms with Crippen LogP contribution in [0.15, 0.2) is 67.4 Å². The maximum absolute atomic E-state index is 14.6. The topological polar surface area (TPSA) is 172 Å². The molecule has 0 aliphatic carbocycles. The number of halogens is 1. The zero-order valence-electron chi connectivity index (χ0n) is 23.2. The lowest BCUT2D eigenvalue weighted by molar-refractivity contribution is -0.116. The van der Waals surface area contributed by atoms with Gasteiger partial charge in [0.15, 0.2) is 15.5 Å². The van der Waals surface area contributed by atoms with E-state index in [1.807, 2.05) is 25.1 Å². The van der Waals surface area contributed by atoms with Crippen molar-refractivity contribution in [3.63, 3.8) is 0 Å². The number of nitrogens with two attached hydrogens (primary N) is 1. The minimum Gasteiger partial charge on any atom is -0.352 e. The van der Waals surface area contributed by atoms with Crippen LogP contribution in [0.3, 0.4) is 0 Å². The highest BCUT2D eigenvalue weighted by Crippen LogP contribution is 2.35. The number of pyridine rings is 3. The number of sulfone groups is 1. The van der Waals surface area contributed by atoms with E-state index in [2.05, 4.69) is 35.5 Å². The van der Waals surface area contributed by atoms with Crippen LogP contribution in [-0.2, 0) is 14.6 Å².